The molecule has 0 aliphatic carbocycles. The van der Waals surface area contributed by atoms with Gasteiger partial charge in [-0.25, -0.2) is 0 Å². The lowest BCUT2D eigenvalue weighted by atomic mass is 10.1. The molecular formula is C20H23F2NO4S. The molecule has 0 saturated heterocycles. The topological polar surface area (TPSA) is 56.8 Å². The Hall–Kier alpha value is -2.48. The number of methoxy groups -OCH3 is 2. The van der Waals surface area contributed by atoms with Gasteiger partial charge in [0.25, 0.3) is 0 Å². The summed E-state index contributed by atoms with van der Waals surface area (Å²) in [5, 5.41) is 2.58. The van der Waals surface area contributed by atoms with Crippen LogP contribution in [0.25, 0.3) is 0 Å². The van der Waals surface area contributed by atoms with Gasteiger partial charge >= 0.3 is 6.61 Å². The number of hydrogen-bond acceptors (Lipinski definition) is 5. The Morgan fingerprint density at radius 1 is 1.07 bits per heavy atom. The first-order valence-corrected chi connectivity index (χ1v) is 9.51. The Kier molecular flexibility index (Phi) is 8.38. The Morgan fingerprint density at radius 3 is 2.39 bits per heavy atom. The van der Waals surface area contributed by atoms with Gasteiger partial charge in [0.1, 0.15) is 5.75 Å². The second-order valence-corrected chi connectivity index (χ2v) is 7.25. The summed E-state index contributed by atoms with van der Waals surface area (Å²) in [4.78, 5) is 13.2. The Bertz CT molecular complexity index is 771. The standard InChI is InChI=1S/C20H23F2NO4S/c1-13(28-16-7-5-15(25-2)6-8-16)19(24)23-11-10-14-4-9-17(26-3)18(12-14)27-20(21)22/h4-9,12-13,20H,10-11H2,1-3H3,(H,23,24). The number of amides is 1. The molecule has 0 fully saturated rings. The zero-order valence-corrected chi connectivity index (χ0v) is 16.7. The highest BCUT2D eigenvalue weighted by Gasteiger charge is 2.15. The minimum atomic E-state index is -2.93. The van der Waals surface area contributed by atoms with Gasteiger partial charge in [0.2, 0.25) is 5.91 Å². The molecule has 0 saturated carbocycles. The van der Waals surface area contributed by atoms with Gasteiger partial charge in [-0.05, 0) is 55.3 Å². The van der Waals surface area contributed by atoms with Crippen LogP contribution in [0, 0.1) is 0 Å². The maximum Gasteiger partial charge on any atom is 0.387 e. The lowest BCUT2D eigenvalue weighted by molar-refractivity contribution is -0.120. The minimum absolute atomic E-state index is 0.0234. The summed E-state index contributed by atoms with van der Waals surface area (Å²) >= 11 is 1.44. The van der Waals surface area contributed by atoms with Gasteiger partial charge in [-0.1, -0.05) is 6.07 Å². The van der Waals surface area contributed by atoms with E-state index in [-0.39, 0.29) is 22.7 Å². The van der Waals surface area contributed by atoms with E-state index >= 15 is 0 Å². The van der Waals surface area contributed by atoms with E-state index < -0.39 is 6.61 Å². The van der Waals surface area contributed by atoms with Crippen molar-refractivity contribution in [1.29, 1.82) is 0 Å². The largest absolute Gasteiger partial charge is 0.497 e. The molecule has 1 atom stereocenters. The maximum absolute atomic E-state index is 12.5. The van der Waals surface area contributed by atoms with E-state index in [1.54, 1.807) is 19.2 Å². The molecule has 0 aromatic heterocycles. The summed E-state index contributed by atoms with van der Waals surface area (Å²) in [5.41, 5.74) is 0.757. The van der Waals surface area contributed by atoms with Crippen molar-refractivity contribution in [2.75, 3.05) is 20.8 Å². The van der Waals surface area contributed by atoms with E-state index in [9.17, 15) is 13.6 Å². The van der Waals surface area contributed by atoms with Crippen LogP contribution in [0.1, 0.15) is 12.5 Å². The molecule has 2 aromatic rings. The van der Waals surface area contributed by atoms with Crippen LogP contribution in [0.15, 0.2) is 47.4 Å². The SMILES string of the molecule is COc1ccc(SC(C)C(=O)NCCc2ccc(OC)c(OC(F)F)c2)cc1. The van der Waals surface area contributed by atoms with E-state index in [2.05, 4.69) is 10.1 Å². The van der Waals surface area contributed by atoms with E-state index in [1.807, 2.05) is 31.2 Å². The van der Waals surface area contributed by atoms with Crippen LogP contribution in [0.4, 0.5) is 8.78 Å². The van der Waals surface area contributed by atoms with Gasteiger partial charge in [-0.15, -0.1) is 11.8 Å². The molecule has 1 amide bonds. The molecule has 152 valence electrons. The van der Waals surface area contributed by atoms with Crippen LogP contribution in [-0.4, -0.2) is 38.5 Å². The normalized spacial score (nSPS) is 11.8. The molecule has 28 heavy (non-hydrogen) atoms. The maximum atomic E-state index is 12.5. The van der Waals surface area contributed by atoms with Crippen molar-refractivity contribution in [2.24, 2.45) is 0 Å². The first kappa shape index (κ1) is 21.8. The van der Waals surface area contributed by atoms with Gasteiger partial charge in [-0.2, -0.15) is 8.78 Å². The molecule has 1 N–H and O–H groups in total. The first-order chi connectivity index (χ1) is 13.4. The first-order valence-electron chi connectivity index (χ1n) is 8.63. The third kappa shape index (κ3) is 6.60. The fraction of sp³-hybridized carbons (Fsp3) is 0.350. The molecule has 5 nitrogen and oxygen atoms in total. The fourth-order valence-electron chi connectivity index (χ4n) is 2.45. The Labute approximate surface area is 167 Å². The van der Waals surface area contributed by atoms with Crippen LogP contribution >= 0.6 is 11.8 Å². The summed E-state index contributed by atoms with van der Waals surface area (Å²) < 4.78 is 39.6. The summed E-state index contributed by atoms with van der Waals surface area (Å²) in [6, 6.07) is 12.3. The molecule has 0 aliphatic heterocycles. The molecule has 1 unspecified atom stereocenters. The van der Waals surface area contributed by atoms with Crippen LogP contribution in [0.2, 0.25) is 0 Å². The van der Waals surface area contributed by atoms with Gasteiger partial charge < -0.3 is 19.5 Å². The summed E-state index contributed by atoms with van der Waals surface area (Å²) in [5.74, 6) is 0.872. The minimum Gasteiger partial charge on any atom is -0.497 e. The van der Waals surface area contributed by atoms with Gasteiger partial charge in [0.15, 0.2) is 11.5 Å². The van der Waals surface area contributed by atoms with Crippen molar-refractivity contribution in [1.82, 2.24) is 5.32 Å². The predicted octanol–water partition coefficient (Wildman–Crippen LogP) is 4.14. The Balaban J connectivity index is 1.85. The van der Waals surface area contributed by atoms with E-state index in [1.165, 1.54) is 24.9 Å². The zero-order chi connectivity index (χ0) is 20.5. The molecule has 8 heteroatoms. The fourth-order valence-corrected chi connectivity index (χ4v) is 3.34. The highest BCUT2D eigenvalue weighted by molar-refractivity contribution is 8.00. The van der Waals surface area contributed by atoms with E-state index in [4.69, 9.17) is 9.47 Å². The molecule has 0 radical (unpaired) electrons. The lowest BCUT2D eigenvalue weighted by Crippen LogP contribution is -2.32. The van der Waals surface area contributed by atoms with Crippen molar-refractivity contribution < 1.29 is 27.8 Å². The third-order valence-electron chi connectivity index (χ3n) is 3.90. The lowest BCUT2D eigenvalue weighted by Gasteiger charge is -2.14. The molecule has 0 heterocycles. The molecular weight excluding hydrogens is 388 g/mol. The number of hydrogen-bond donors (Lipinski definition) is 1. The number of benzene rings is 2. The number of carbonyl (C=O) groups excluding carboxylic acids is 1. The second-order valence-electron chi connectivity index (χ2n) is 5.84. The average Bonchev–Trinajstić information content (AvgIpc) is 2.68. The number of ether oxygens (including phenoxy) is 3. The van der Waals surface area contributed by atoms with Crippen molar-refractivity contribution in [3.05, 3.63) is 48.0 Å². The number of nitrogens with one attached hydrogen (secondary N) is 1. The highest BCUT2D eigenvalue weighted by Crippen LogP contribution is 2.29. The van der Waals surface area contributed by atoms with Crippen LogP contribution in [0.3, 0.4) is 0 Å². The van der Waals surface area contributed by atoms with Crippen LogP contribution < -0.4 is 19.5 Å². The summed E-state index contributed by atoms with van der Waals surface area (Å²) in [6.45, 7) is -0.724. The highest BCUT2D eigenvalue weighted by atomic mass is 32.2. The van der Waals surface area contributed by atoms with Gasteiger partial charge in [-0.3, -0.25) is 4.79 Å². The molecule has 2 rings (SSSR count). The van der Waals surface area contributed by atoms with Crippen molar-refractivity contribution in [2.45, 2.75) is 30.1 Å². The molecule has 0 aliphatic rings. The monoisotopic (exact) mass is 411 g/mol. The van der Waals surface area contributed by atoms with Gasteiger partial charge in [0.05, 0.1) is 19.5 Å². The van der Waals surface area contributed by atoms with Gasteiger partial charge in [0, 0.05) is 11.4 Å². The summed E-state index contributed by atoms with van der Waals surface area (Å²) in [6.07, 6.45) is 0.481. The van der Waals surface area contributed by atoms with Crippen molar-refractivity contribution >= 4 is 17.7 Å². The number of alkyl halides is 2. The number of rotatable bonds is 10. The van der Waals surface area contributed by atoms with Crippen molar-refractivity contribution in [3.8, 4) is 17.2 Å². The smallest absolute Gasteiger partial charge is 0.387 e. The number of halogens is 2. The number of thioether (sulfide) groups is 1. The predicted molar refractivity (Wildman–Crippen MR) is 105 cm³/mol. The molecule has 2 aromatic carbocycles. The Morgan fingerprint density at radius 2 is 1.79 bits per heavy atom. The molecule has 0 spiro atoms. The number of carbonyl (C=O) groups is 1. The second kappa shape index (κ2) is 10.8. The zero-order valence-electron chi connectivity index (χ0n) is 15.9. The van der Waals surface area contributed by atoms with E-state index in [0.29, 0.717) is 13.0 Å². The van der Waals surface area contributed by atoms with Crippen LogP contribution in [-0.2, 0) is 11.2 Å². The molecule has 0 bridgehead atoms. The third-order valence-corrected chi connectivity index (χ3v) is 5.01. The van der Waals surface area contributed by atoms with Crippen molar-refractivity contribution in [3.63, 3.8) is 0 Å². The summed E-state index contributed by atoms with van der Waals surface area (Å²) in [7, 11) is 2.99. The van der Waals surface area contributed by atoms with Crippen LogP contribution in [0.5, 0.6) is 17.2 Å². The quantitative estimate of drug-likeness (QED) is 0.596. The van der Waals surface area contributed by atoms with E-state index in [0.717, 1.165) is 16.2 Å². The average molecular weight is 411 g/mol.